The van der Waals surface area contributed by atoms with E-state index in [1.807, 2.05) is 19.1 Å². The average molecular weight is 348 g/mol. The predicted octanol–water partition coefficient (Wildman–Crippen LogP) is 4.24. The second-order valence-corrected chi connectivity index (χ2v) is 6.66. The fourth-order valence-electron chi connectivity index (χ4n) is 3.33. The van der Waals surface area contributed by atoms with Gasteiger partial charge in [-0.3, -0.25) is 9.78 Å². The van der Waals surface area contributed by atoms with Gasteiger partial charge in [-0.05, 0) is 49.4 Å². The highest BCUT2D eigenvalue weighted by Gasteiger charge is 2.45. The molecule has 0 radical (unpaired) electrons. The van der Waals surface area contributed by atoms with Gasteiger partial charge in [0.05, 0.1) is 11.8 Å². The first-order valence-corrected chi connectivity index (χ1v) is 8.41. The highest BCUT2D eigenvalue weighted by molar-refractivity contribution is 6.31. The zero-order chi connectivity index (χ0) is 17.3. The van der Waals surface area contributed by atoms with E-state index in [1.165, 1.54) is 6.20 Å². The van der Waals surface area contributed by atoms with Crippen molar-refractivity contribution in [2.75, 3.05) is 0 Å². The SMILES string of the molecule is Cc1cccc(Cl)c1CCC(=O)[C@]1(F)CC[C@@H](O)c2ncccc21. The number of carbonyl (C=O) groups excluding carboxylic acids is 1. The third-order valence-corrected chi connectivity index (χ3v) is 5.09. The Bertz CT molecular complexity index is 759. The lowest BCUT2D eigenvalue weighted by Gasteiger charge is -2.32. The van der Waals surface area contributed by atoms with Gasteiger partial charge in [0.15, 0.2) is 11.5 Å². The molecule has 0 amide bonds. The van der Waals surface area contributed by atoms with Gasteiger partial charge in [0.2, 0.25) is 0 Å². The third-order valence-electron chi connectivity index (χ3n) is 4.74. The molecule has 1 aromatic heterocycles. The van der Waals surface area contributed by atoms with Crippen LogP contribution >= 0.6 is 11.6 Å². The quantitative estimate of drug-likeness (QED) is 0.900. The van der Waals surface area contributed by atoms with Crippen LogP contribution in [-0.2, 0) is 16.9 Å². The van der Waals surface area contributed by atoms with Gasteiger partial charge in [-0.15, -0.1) is 0 Å². The van der Waals surface area contributed by atoms with E-state index in [0.29, 0.717) is 11.4 Å². The van der Waals surface area contributed by atoms with Crippen molar-refractivity contribution < 1.29 is 14.3 Å². The molecule has 0 saturated heterocycles. The summed E-state index contributed by atoms with van der Waals surface area (Å²) in [5.74, 6) is -0.483. The van der Waals surface area contributed by atoms with Crippen molar-refractivity contribution in [2.24, 2.45) is 0 Å². The van der Waals surface area contributed by atoms with E-state index in [2.05, 4.69) is 4.98 Å². The van der Waals surface area contributed by atoms with Crippen molar-refractivity contribution in [1.82, 2.24) is 4.98 Å². The van der Waals surface area contributed by atoms with Crippen molar-refractivity contribution >= 4 is 17.4 Å². The molecule has 3 nitrogen and oxygen atoms in total. The van der Waals surface area contributed by atoms with Crippen LogP contribution in [0.2, 0.25) is 5.02 Å². The van der Waals surface area contributed by atoms with Crippen LogP contribution < -0.4 is 0 Å². The molecule has 0 saturated carbocycles. The summed E-state index contributed by atoms with van der Waals surface area (Å²) in [5, 5.41) is 10.6. The molecule has 3 rings (SSSR count). The van der Waals surface area contributed by atoms with Crippen molar-refractivity contribution in [1.29, 1.82) is 0 Å². The summed E-state index contributed by atoms with van der Waals surface area (Å²) in [5.41, 5.74) is 0.249. The van der Waals surface area contributed by atoms with Crippen molar-refractivity contribution in [3.63, 3.8) is 0 Å². The molecule has 126 valence electrons. The number of benzene rings is 1. The maximum absolute atomic E-state index is 15.5. The number of pyridine rings is 1. The van der Waals surface area contributed by atoms with Crippen LogP contribution in [-0.4, -0.2) is 15.9 Å². The molecule has 2 atom stereocenters. The van der Waals surface area contributed by atoms with Crippen LogP contribution in [0, 0.1) is 6.92 Å². The Morgan fingerprint density at radius 2 is 2.21 bits per heavy atom. The summed E-state index contributed by atoms with van der Waals surface area (Å²) in [6.07, 6.45) is 1.32. The van der Waals surface area contributed by atoms with Gasteiger partial charge in [0, 0.05) is 23.2 Å². The Balaban J connectivity index is 1.84. The Hall–Kier alpha value is -1.78. The first-order chi connectivity index (χ1) is 11.4. The second kappa shape index (κ2) is 6.61. The number of ketones is 1. The monoisotopic (exact) mass is 347 g/mol. The fraction of sp³-hybridized carbons (Fsp3) is 0.368. The Labute approximate surface area is 145 Å². The molecule has 24 heavy (non-hydrogen) atoms. The Morgan fingerprint density at radius 1 is 1.42 bits per heavy atom. The van der Waals surface area contributed by atoms with Gasteiger partial charge < -0.3 is 5.11 Å². The van der Waals surface area contributed by atoms with Crippen molar-refractivity contribution in [3.8, 4) is 0 Å². The number of alkyl halides is 1. The number of fused-ring (bicyclic) bond motifs is 1. The predicted molar refractivity (Wildman–Crippen MR) is 90.7 cm³/mol. The topological polar surface area (TPSA) is 50.2 Å². The van der Waals surface area contributed by atoms with Crippen LogP contribution in [0.5, 0.6) is 0 Å². The molecule has 0 aliphatic heterocycles. The summed E-state index contributed by atoms with van der Waals surface area (Å²) in [6.45, 7) is 1.92. The van der Waals surface area contributed by atoms with Gasteiger partial charge >= 0.3 is 0 Å². The summed E-state index contributed by atoms with van der Waals surface area (Å²) in [7, 11) is 0. The summed E-state index contributed by atoms with van der Waals surface area (Å²) >= 11 is 6.19. The molecule has 0 bridgehead atoms. The maximum Gasteiger partial charge on any atom is 0.195 e. The number of hydrogen-bond acceptors (Lipinski definition) is 3. The van der Waals surface area contributed by atoms with Crippen LogP contribution in [0.3, 0.4) is 0 Å². The van der Waals surface area contributed by atoms with Gasteiger partial charge in [-0.2, -0.15) is 0 Å². The van der Waals surface area contributed by atoms with Gasteiger partial charge in [-0.25, -0.2) is 4.39 Å². The highest BCUT2D eigenvalue weighted by Crippen LogP contribution is 2.43. The van der Waals surface area contributed by atoms with Crippen molar-refractivity contribution in [2.45, 2.75) is 44.4 Å². The van der Waals surface area contributed by atoms with Gasteiger partial charge in [-0.1, -0.05) is 29.8 Å². The lowest BCUT2D eigenvalue weighted by molar-refractivity contribution is -0.133. The second-order valence-electron chi connectivity index (χ2n) is 6.25. The van der Waals surface area contributed by atoms with E-state index in [0.717, 1.165) is 11.1 Å². The van der Waals surface area contributed by atoms with Crippen LogP contribution in [0.15, 0.2) is 36.5 Å². The lowest BCUT2D eigenvalue weighted by Crippen LogP contribution is -2.37. The maximum atomic E-state index is 15.5. The van der Waals surface area contributed by atoms with E-state index in [9.17, 15) is 9.90 Å². The van der Waals surface area contributed by atoms with E-state index in [-0.39, 0.29) is 30.5 Å². The lowest BCUT2D eigenvalue weighted by atomic mass is 9.77. The average Bonchev–Trinajstić information content (AvgIpc) is 2.58. The zero-order valence-electron chi connectivity index (χ0n) is 13.4. The first-order valence-electron chi connectivity index (χ1n) is 8.03. The van der Waals surface area contributed by atoms with Crippen LogP contribution in [0.25, 0.3) is 0 Å². The zero-order valence-corrected chi connectivity index (χ0v) is 14.2. The highest BCUT2D eigenvalue weighted by atomic mass is 35.5. The number of nitrogens with zero attached hydrogens (tertiary/aromatic N) is 1. The smallest absolute Gasteiger partial charge is 0.195 e. The Morgan fingerprint density at radius 3 is 2.96 bits per heavy atom. The molecule has 1 aromatic carbocycles. The molecule has 2 aromatic rings. The number of halogens is 2. The van der Waals surface area contributed by atoms with Gasteiger partial charge in [0.25, 0.3) is 0 Å². The molecular formula is C19H19ClFNO2. The van der Waals surface area contributed by atoms with Crippen LogP contribution in [0.4, 0.5) is 4.39 Å². The number of rotatable bonds is 4. The molecule has 0 unspecified atom stereocenters. The molecular weight excluding hydrogens is 329 g/mol. The number of aromatic nitrogens is 1. The molecule has 1 aliphatic rings. The fourth-order valence-corrected chi connectivity index (χ4v) is 3.65. The Kier molecular flexibility index (Phi) is 4.70. The van der Waals surface area contributed by atoms with E-state index >= 15 is 4.39 Å². The minimum atomic E-state index is -2.09. The van der Waals surface area contributed by atoms with E-state index < -0.39 is 17.6 Å². The number of aliphatic hydroxyl groups is 1. The van der Waals surface area contributed by atoms with E-state index in [4.69, 9.17) is 11.6 Å². The molecule has 1 N–H and O–H groups in total. The normalized spacial score (nSPS) is 22.9. The molecule has 0 spiro atoms. The molecule has 1 heterocycles. The largest absolute Gasteiger partial charge is 0.387 e. The number of hydrogen-bond donors (Lipinski definition) is 1. The number of aryl methyl sites for hydroxylation is 1. The number of aliphatic hydroxyl groups excluding tert-OH is 1. The molecule has 1 aliphatic carbocycles. The number of carbonyl (C=O) groups is 1. The molecule has 5 heteroatoms. The molecule has 0 fully saturated rings. The summed E-state index contributed by atoms with van der Waals surface area (Å²) < 4.78 is 15.5. The van der Waals surface area contributed by atoms with Crippen LogP contribution in [0.1, 0.15) is 47.8 Å². The van der Waals surface area contributed by atoms with Gasteiger partial charge in [0.1, 0.15) is 0 Å². The standard InChI is InChI=1S/C19H19ClFNO2/c1-12-4-2-6-15(20)13(12)7-8-17(24)19(21)10-9-16(23)18-14(19)5-3-11-22-18/h2-6,11,16,23H,7-10H2,1H3/t16-,19+/m1/s1. The minimum Gasteiger partial charge on any atom is -0.387 e. The van der Waals surface area contributed by atoms with E-state index in [1.54, 1.807) is 18.2 Å². The van der Waals surface area contributed by atoms with Crippen molar-refractivity contribution in [3.05, 3.63) is 63.9 Å². The summed E-state index contributed by atoms with van der Waals surface area (Å²) in [6, 6.07) is 8.69. The minimum absolute atomic E-state index is 0.0206. The third kappa shape index (κ3) is 2.96. The summed E-state index contributed by atoms with van der Waals surface area (Å²) in [4.78, 5) is 16.7. The number of Topliss-reactive ketones (excluding diaryl/α,β-unsaturated/α-hetero) is 1. The first kappa shape index (κ1) is 17.1.